The first-order chi connectivity index (χ1) is 9.88. The van der Waals surface area contributed by atoms with Gasteiger partial charge in [-0.05, 0) is 19.1 Å². The average molecular weight is 309 g/mol. The molecule has 1 unspecified atom stereocenters. The number of hydrogen-bond acceptors (Lipinski definition) is 4. The maximum atomic E-state index is 11.9. The highest BCUT2D eigenvalue weighted by atomic mass is 32.2. The van der Waals surface area contributed by atoms with E-state index in [4.69, 9.17) is 5.73 Å². The van der Waals surface area contributed by atoms with Crippen molar-refractivity contribution in [3.8, 4) is 0 Å². The van der Waals surface area contributed by atoms with E-state index < -0.39 is 17.9 Å². The van der Waals surface area contributed by atoms with E-state index in [1.54, 1.807) is 0 Å². The van der Waals surface area contributed by atoms with Gasteiger partial charge in [0.2, 0.25) is 17.7 Å². The summed E-state index contributed by atoms with van der Waals surface area (Å²) in [7, 11) is 0. The Balaban J connectivity index is 2.60. The van der Waals surface area contributed by atoms with E-state index in [9.17, 15) is 14.4 Å². The van der Waals surface area contributed by atoms with Gasteiger partial charge in [-0.15, -0.1) is 11.8 Å². The molecule has 4 N–H and O–H groups in total. The zero-order valence-corrected chi connectivity index (χ0v) is 12.8. The normalized spacial score (nSPS) is 11.5. The minimum atomic E-state index is -0.715. The molecule has 0 aromatic heterocycles. The smallest absolute Gasteiger partial charge is 0.243 e. The van der Waals surface area contributed by atoms with Crippen molar-refractivity contribution in [3.63, 3.8) is 0 Å². The van der Waals surface area contributed by atoms with Crippen LogP contribution in [-0.4, -0.2) is 36.1 Å². The Morgan fingerprint density at radius 1 is 1.24 bits per heavy atom. The van der Waals surface area contributed by atoms with Gasteiger partial charge in [-0.25, -0.2) is 0 Å². The Hall–Kier alpha value is -2.02. The molecule has 0 bridgehead atoms. The van der Waals surface area contributed by atoms with E-state index in [2.05, 4.69) is 10.6 Å². The lowest BCUT2D eigenvalue weighted by atomic mass is 10.2. The summed E-state index contributed by atoms with van der Waals surface area (Å²) in [6.45, 7) is 3.08. The first-order valence-electron chi connectivity index (χ1n) is 6.41. The van der Waals surface area contributed by atoms with Gasteiger partial charge in [0.05, 0.1) is 6.54 Å². The van der Waals surface area contributed by atoms with E-state index in [0.29, 0.717) is 5.75 Å². The van der Waals surface area contributed by atoms with Crippen LogP contribution in [0.4, 0.5) is 0 Å². The van der Waals surface area contributed by atoms with Crippen LogP contribution >= 0.6 is 11.8 Å². The first-order valence-corrected chi connectivity index (χ1v) is 7.39. The second kappa shape index (κ2) is 8.31. The molecule has 0 aliphatic rings. The molecule has 6 nitrogen and oxygen atoms in total. The Morgan fingerprint density at radius 2 is 1.86 bits per heavy atom. The molecule has 0 aliphatic heterocycles. The second-order valence-corrected chi connectivity index (χ2v) is 5.65. The van der Waals surface area contributed by atoms with Crippen LogP contribution in [0, 0.1) is 6.92 Å². The Morgan fingerprint density at radius 3 is 2.38 bits per heavy atom. The van der Waals surface area contributed by atoms with Crippen LogP contribution in [0.2, 0.25) is 0 Å². The SMILES string of the molecule is CC(=O)NC(CSc1ccc(C)cc1)C(=O)NCC(N)=O. The van der Waals surface area contributed by atoms with Crippen LogP contribution in [0.15, 0.2) is 29.2 Å². The molecule has 1 aromatic carbocycles. The van der Waals surface area contributed by atoms with Crippen LogP contribution in [0.1, 0.15) is 12.5 Å². The molecule has 0 spiro atoms. The number of amides is 3. The molecule has 21 heavy (non-hydrogen) atoms. The van der Waals surface area contributed by atoms with Gasteiger partial charge in [0.25, 0.3) is 0 Å². The van der Waals surface area contributed by atoms with Gasteiger partial charge >= 0.3 is 0 Å². The third-order valence-electron chi connectivity index (χ3n) is 2.57. The van der Waals surface area contributed by atoms with E-state index >= 15 is 0 Å². The minimum absolute atomic E-state index is 0.246. The van der Waals surface area contributed by atoms with Crippen LogP contribution in [0.3, 0.4) is 0 Å². The quantitative estimate of drug-likeness (QED) is 0.626. The second-order valence-electron chi connectivity index (χ2n) is 4.56. The number of hydrogen-bond donors (Lipinski definition) is 3. The lowest BCUT2D eigenvalue weighted by molar-refractivity contribution is -0.128. The fourth-order valence-corrected chi connectivity index (χ4v) is 2.46. The van der Waals surface area contributed by atoms with E-state index in [-0.39, 0.29) is 12.5 Å². The largest absolute Gasteiger partial charge is 0.368 e. The molecular formula is C14H19N3O3S. The molecule has 0 saturated carbocycles. The van der Waals surface area contributed by atoms with E-state index in [1.165, 1.54) is 18.7 Å². The summed E-state index contributed by atoms with van der Waals surface area (Å²) >= 11 is 1.45. The van der Waals surface area contributed by atoms with Crippen molar-refractivity contribution in [1.82, 2.24) is 10.6 Å². The predicted molar refractivity (Wildman–Crippen MR) is 81.7 cm³/mol. The maximum Gasteiger partial charge on any atom is 0.243 e. The minimum Gasteiger partial charge on any atom is -0.368 e. The molecule has 1 atom stereocenters. The lowest BCUT2D eigenvalue weighted by Crippen LogP contribution is -2.49. The topological polar surface area (TPSA) is 101 Å². The highest BCUT2D eigenvalue weighted by molar-refractivity contribution is 7.99. The monoisotopic (exact) mass is 309 g/mol. The average Bonchev–Trinajstić information content (AvgIpc) is 2.42. The van der Waals surface area contributed by atoms with Crippen molar-refractivity contribution in [2.45, 2.75) is 24.8 Å². The molecule has 114 valence electrons. The highest BCUT2D eigenvalue weighted by Crippen LogP contribution is 2.19. The molecule has 1 rings (SSSR count). The van der Waals surface area contributed by atoms with Gasteiger partial charge in [-0.3, -0.25) is 14.4 Å². The zero-order chi connectivity index (χ0) is 15.8. The predicted octanol–water partition coefficient (Wildman–Crippen LogP) is 0.193. The fourth-order valence-electron chi connectivity index (χ4n) is 1.54. The molecular weight excluding hydrogens is 290 g/mol. The van der Waals surface area contributed by atoms with Crippen molar-refractivity contribution in [2.24, 2.45) is 5.73 Å². The summed E-state index contributed by atoms with van der Waals surface area (Å²) < 4.78 is 0. The summed E-state index contributed by atoms with van der Waals surface area (Å²) in [5, 5.41) is 4.95. The summed E-state index contributed by atoms with van der Waals surface area (Å²) in [5.74, 6) is -0.994. The van der Waals surface area contributed by atoms with Gasteiger partial charge in [0, 0.05) is 17.6 Å². The number of rotatable bonds is 7. The Bertz CT molecular complexity index is 517. The third kappa shape index (κ3) is 6.80. The zero-order valence-electron chi connectivity index (χ0n) is 12.0. The third-order valence-corrected chi connectivity index (χ3v) is 3.67. The Labute approximate surface area is 127 Å². The number of aryl methyl sites for hydroxylation is 1. The van der Waals surface area contributed by atoms with E-state index in [1.807, 2.05) is 31.2 Å². The van der Waals surface area contributed by atoms with Gasteiger partial charge in [0.1, 0.15) is 6.04 Å². The molecule has 1 aromatic rings. The molecule has 0 aliphatic carbocycles. The molecule has 0 fully saturated rings. The van der Waals surface area contributed by atoms with Crippen LogP contribution < -0.4 is 16.4 Å². The van der Waals surface area contributed by atoms with Gasteiger partial charge in [0.15, 0.2) is 0 Å². The summed E-state index contributed by atoms with van der Waals surface area (Å²) in [6.07, 6.45) is 0. The summed E-state index contributed by atoms with van der Waals surface area (Å²) in [6, 6.07) is 7.14. The summed E-state index contributed by atoms with van der Waals surface area (Å²) in [4.78, 5) is 34.7. The number of primary amides is 1. The molecule has 0 heterocycles. The van der Waals surface area contributed by atoms with Crippen LogP contribution in [0.5, 0.6) is 0 Å². The number of carbonyl (C=O) groups is 3. The maximum absolute atomic E-state index is 11.9. The van der Waals surface area contributed by atoms with Crippen molar-refractivity contribution in [1.29, 1.82) is 0 Å². The van der Waals surface area contributed by atoms with Crippen molar-refractivity contribution in [3.05, 3.63) is 29.8 Å². The van der Waals surface area contributed by atoms with Gasteiger partial charge in [-0.1, -0.05) is 17.7 Å². The molecule has 3 amide bonds. The number of nitrogens with two attached hydrogens (primary N) is 1. The van der Waals surface area contributed by atoms with Crippen molar-refractivity contribution < 1.29 is 14.4 Å². The summed E-state index contributed by atoms with van der Waals surface area (Å²) in [5.41, 5.74) is 6.13. The standard InChI is InChI=1S/C14H19N3O3S/c1-9-3-5-11(6-4-9)21-8-12(17-10(2)18)14(20)16-7-13(15)19/h3-6,12H,7-8H2,1-2H3,(H2,15,19)(H,16,20)(H,17,18). The van der Waals surface area contributed by atoms with Gasteiger partial charge < -0.3 is 16.4 Å². The molecule has 0 saturated heterocycles. The number of benzene rings is 1. The lowest BCUT2D eigenvalue weighted by Gasteiger charge is -2.16. The number of carbonyl (C=O) groups excluding carboxylic acids is 3. The van der Waals surface area contributed by atoms with Crippen molar-refractivity contribution >= 4 is 29.5 Å². The fraction of sp³-hybridized carbons (Fsp3) is 0.357. The highest BCUT2D eigenvalue weighted by Gasteiger charge is 2.19. The van der Waals surface area contributed by atoms with Gasteiger partial charge in [-0.2, -0.15) is 0 Å². The molecule has 0 radical (unpaired) electrons. The van der Waals surface area contributed by atoms with E-state index in [0.717, 1.165) is 10.5 Å². The van der Waals surface area contributed by atoms with Crippen LogP contribution in [0.25, 0.3) is 0 Å². The Kier molecular flexibility index (Phi) is 6.74. The number of thioether (sulfide) groups is 1. The molecule has 7 heteroatoms. The van der Waals surface area contributed by atoms with Crippen LogP contribution in [-0.2, 0) is 14.4 Å². The first kappa shape index (κ1) is 17.0. The number of nitrogens with one attached hydrogen (secondary N) is 2. The van der Waals surface area contributed by atoms with Crippen molar-refractivity contribution in [2.75, 3.05) is 12.3 Å².